The first-order valence-corrected chi connectivity index (χ1v) is 20.2. The molecular weight excluding hydrogens is 751 g/mol. The van der Waals surface area contributed by atoms with Gasteiger partial charge in [0.2, 0.25) is 0 Å². The lowest BCUT2D eigenvalue weighted by Crippen LogP contribution is -2.00. The SMILES string of the molecule is [2H]c1c([2H])c([2H])c2c(c1[2H])c([2H])c([2H])c1c2sc2c([2H])c(-c3ccc(-c4nc(-c5cccc(-c6ccccc6)c5)nc(-c5ccc6c(c5)oc5cccc(-c7ccccc7)c56)n4)cc3)c([2H])c([2H])c21. The van der Waals surface area contributed by atoms with E-state index < -0.39 is 24.2 Å². The van der Waals surface area contributed by atoms with E-state index in [9.17, 15) is 4.11 Å². The summed E-state index contributed by atoms with van der Waals surface area (Å²) in [5.74, 6) is 1.25. The van der Waals surface area contributed by atoms with Gasteiger partial charge in [0.1, 0.15) is 11.2 Å². The molecule has 60 heavy (non-hydrogen) atoms. The lowest BCUT2D eigenvalue weighted by molar-refractivity contribution is 0.669. The van der Waals surface area contributed by atoms with Crippen LogP contribution in [0.2, 0.25) is 0 Å². The average molecular weight is 793 g/mol. The number of nitrogens with zero attached hydrogens (tertiary/aromatic N) is 3. The van der Waals surface area contributed by atoms with Crippen LogP contribution in [0.4, 0.5) is 0 Å². The van der Waals surface area contributed by atoms with E-state index in [0.29, 0.717) is 34.2 Å². The summed E-state index contributed by atoms with van der Waals surface area (Å²) in [6.45, 7) is 0. The van der Waals surface area contributed by atoms with E-state index in [2.05, 4.69) is 36.4 Å². The molecule has 5 heteroatoms. The molecule has 4 nitrogen and oxygen atoms in total. The summed E-state index contributed by atoms with van der Waals surface area (Å²) in [6, 6.07) is 44.4. The first-order valence-electron chi connectivity index (χ1n) is 23.9. The fourth-order valence-electron chi connectivity index (χ4n) is 7.89. The molecule has 0 spiro atoms. The average Bonchev–Trinajstić information content (AvgIpc) is 3.98. The monoisotopic (exact) mass is 792 g/mol. The van der Waals surface area contributed by atoms with E-state index in [1.165, 1.54) is 0 Å². The van der Waals surface area contributed by atoms with E-state index in [4.69, 9.17) is 27.6 Å². The third-order valence-corrected chi connectivity index (χ3v) is 11.9. The minimum absolute atomic E-state index is 0.0621. The van der Waals surface area contributed by atoms with Gasteiger partial charge in [-0.3, -0.25) is 0 Å². The van der Waals surface area contributed by atoms with Crippen molar-refractivity contribution in [2.45, 2.75) is 0 Å². The minimum Gasteiger partial charge on any atom is -0.456 e. The molecule has 0 amide bonds. The number of furan rings is 1. The molecule has 280 valence electrons. The van der Waals surface area contributed by atoms with E-state index in [-0.39, 0.29) is 66.7 Å². The Morgan fingerprint density at radius 1 is 0.417 bits per heavy atom. The maximum absolute atomic E-state index is 9.45. The maximum atomic E-state index is 9.45. The summed E-state index contributed by atoms with van der Waals surface area (Å²) in [4.78, 5) is 15.1. The van der Waals surface area contributed by atoms with E-state index in [1.807, 2.05) is 97.1 Å². The second kappa shape index (κ2) is 14.0. The van der Waals surface area contributed by atoms with Gasteiger partial charge >= 0.3 is 0 Å². The van der Waals surface area contributed by atoms with Gasteiger partial charge in [0.25, 0.3) is 0 Å². The summed E-state index contributed by atoms with van der Waals surface area (Å²) in [5, 5.41) is 2.21. The Morgan fingerprint density at radius 2 is 1.05 bits per heavy atom. The fraction of sp³-hybridized carbons (Fsp3) is 0. The van der Waals surface area contributed by atoms with Crippen molar-refractivity contribution in [3.05, 3.63) is 200 Å². The van der Waals surface area contributed by atoms with Crippen LogP contribution in [0.25, 0.3) is 120 Å². The Morgan fingerprint density at radius 3 is 1.87 bits per heavy atom. The van der Waals surface area contributed by atoms with Crippen LogP contribution in [0, 0.1) is 0 Å². The van der Waals surface area contributed by atoms with Gasteiger partial charge < -0.3 is 4.42 Å². The molecule has 0 N–H and O–H groups in total. The summed E-state index contributed by atoms with van der Waals surface area (Å²) in [5.41, 5.74) is 8.45. The van der Waals surface area contributed by atoms with Crippen molar-refractivity contribution in [3.63, 3.8) is 0 Å². The summed E-state index contributed by atoms with van der Waals surface area (Å²) >= 11 is 1.03. The summed E-state index contributed by atoms with van der Waals surface area (Å²) in [7, 11) is 0. The molecule has 12 aromatic rings. The molecule has 0 saturated heterocycles. The lowest BCUT2D eigenvalue weighted by Gasteiger charge is -2.10. The predicted octanol–water partition coefficient (Wildman–Crippen LogP) is 15.3. The molecule has 12 rings (SSSR count). The summed E-state index contributed by atoms with van der Waals surface area (Å²) < 4.78 is 86.5. The second-order valence-electron chi connectivity index (χ2n) is 14.4. The van der Waals surface area contributed by atoms with Crippen molar-refractivity contribution in [1.82, 2.24) is 15.0 Å². The molecule has 0 unspecified atom stereocenters. The lowest BCUT2D eigenvalue weighted by atomic mass is 9.99. The zero-order valence-electron chi connectivity index (χ0n) is 40.5. The molecule has 9 aromatic carbocycles. The smallest absolute Gasteiger partial charge is 0.164 e. The first-order chi connectivity index (χ1) is 33.5. The van der Waals surface area contributed by atoms with Crippen molar-refractivity contribution >= 4 is 64.2 Å². The van der Waals surface area contributed by atoms with E-state index >= 15 is 0 Å². The normalized spacial score (nSPS) is 13.8. The van der Waals surface area contributed by atoms with Crippen LogP contribution in [0.1, 0.15) is 12.3 Å². The van der Waals surface area contributed by atoms with Crippen molar-refractivity contribution < 1.29 is 16.8 Å². The zero-order chi connectivity index (χ0) is 47.4. The molecule has 0 aliphatic rings. The molecule has 0 aliphatic carbocycles. The van der Waals surface area contributed by atoms with Crippen LogP contribution in [-0.4, -0.2) is 15.0 Å². The molecule has 0 fully saturated rings. The van der Waals surface area contributed by atoms with Crippen LogP contribution in [0.15, 0.2) is 204 Å². The largest absolute Gasteiger partial charge is 0.456 e. The number of fused-ring (bicyclic) bond motifs is 8. The number of thiophene rings is 1. The molecule has 0 saturated carbocycles. The summed E-state index contributed by atoms with van der Waals surface area (Å²) in [6.07, 6.45) is 0. The van der Waals surface area contributed by atoms with Gasteiger partial charge in [0.05, 0.1) is 12.3 Å². The van der Waals surface area contributed by atoms with Gasteiger partial charge in [-0.15, -0.1) is 11.3 Å². The van der Waals surface area contributed by atoms with Crippen LogP contribution in [0.5, 0.6) is 0 Å². The molecule has 3 heterocycles. The highest BCUT2D eigenvalue weighted by atomic mass is 32.1. The quantitative estimate of drug-likeness (QED) is 0.168. The molecule has 0 atom stereocenters. The van der Waals surface area contributed by atoms with E-state index in [0.717, 1.165) is 61.1 Å². The van der Waals surface area contributed by atoms with Gasteiger partial charge in [-0.25, -0.2) is 15.0 Å². The van der Waals surface area contributed by atoms with Crippen LogP contribution >= 0.6 is 11.3 Å². The van der Waals surface area contributed by atoms with Gasteiger partial charge in [0.15, 0.2) is 17.5 Å². The number of hydrogen-bond acceptors (Lipinski definition) is 5. The Kier molecular flexibility index (Phi) is 6.13. The highest BCUT2D eigenvalue weighted by Crippen LogP contribution is 2.41. The standard InChI is InChI=1S/C55H33N3OS/c1-3-11-34(12-4-1)39-16-9-17-41(31-39)54-56-53(57-55(58-54)42-27-30-47-49(32-42)59-48-20-10-19-43(51(47)48)36-13-5-2-6-14-36)38-23-21-35(22-24-38)40-26-28-45-46-29-25-37-15-7-8-18-44(37)52(46)60-50(45)33-40/h1-33H/i7D,8D,15D,18D,25D,26D,28D,29D,33D. The van der Waals surface area contributed by atoms with E-state index in [1.54, 1.807) is 12.1 Å². The molecule has 0 bridgehead atoms. The van der Waals surface area contributed by atoms with Gasteiger partial charge in [0, 0.05) is 47.6 Å². The Balaban J connectivity index is 0.998. The van der Waals surface area contributed by atoms with Gasteiger partial charge in [-0.05, 0) is 74.5 Å². The number of benzene rings is 9. The first kappa shape index (κ1) is 26.3. The predicted molar refractivity (Wildman–Crippen MR) is 250 cm³/mol. The van der Waals surface area contributed by atoms with Crippen molar-refractivity contribution in [2.24, 2.45) is 0 Å². The second-order valence-corrected chi connectivity index (χ2v) is 15.5. The van der Waals surface area contributed by atoms with Gasteiger partial charge in [-0.1, -0.05) is 170 Å². The van der Waals surface area contributed by atoms with Crippen LogP contribution in [0.3, 0.4) is 0 Å². The number of rotatable bonds is 6. The molecule has 3 aromatic heterocycles. The van der Waals surface area contributed by atoms with Crippen molar-refractivity contribution in [2.75, 3.05) is 0 Å². The highest BCUT2D eigenvalue weighted by molar-refractivity contribution is 7.26. The minimum atomic E-state index is -0.508. The molecule has 0 aliphatic heterocycles. The van der Waals surface area contributed by atoms with Gasteiger partial charge in [-0.2, -0.15) is 0 Å². The topological polar surface area (TPSA) is 51.8 Å². The fourth-order valence-corrected chi connectivity index (χ4v) is 9.01. The number of hydrogen-bond donors (Lipinski definition) is 0. The molecule has 0 radical (unpaired) electrons. The zero-order valence-corrected chi connectivity index (χ0v) is 32.3. The van der Waals surface area contributed by atoms with Crippen LogP contribution in [-0.2, 0) is 0 Å². The van der Waals surface area contributed by atoms with Crippen LogP contribution < -0.4 is 0 Å². The Bertz CT molecular complexity index is 4120. The Labute approximate surface area is 362 Å². The maximum Gasteiger partial charge on any atom is 0.164 e. The third-order valence-electron chi connectivity index (χ3n) is 10.8. The Hall–Kier alpha value is -7.73. The third kappa shape index (κ3) is 5.86. The highest BCUT2D eigenvalue weighted by Gasteiger charge is 2.18. The molecular formula is C55H33N3OS. The van der Waals surface area contributed by atoms with Crippen molar-refractivity contribution in [1.29, 1.82) is 0 Å². The number of aromatic nitrogens is 3. The van der Waals surface area contributed by atoms with Crippen molar-refractivity contribution in [3.8, 4) is 67.5 Å².